The molecule has 3 unspecified atom stereocenters. The average molecular weight is 289 g/mol. The van der Waals surface area contributed by atoms with Crippen molar-refractivity contribution >= 4 is 5.91 Å². The molecule has 2 rings (SSSR count). The molecule has 0 aromatic heterocycles. The van der Waals surface area contributed by atoms with Gasteiger partial charge in [-0.25, -0.2) is 0 Å². The molecular formula is C17H27N3O. The smallest absolute Gasteiger partial charge is 0.234 e. The molecule has 3 atom stereocenters. The van der Waals surface area contributed by atoms with Crippen LogP contribution < -0.4 is 11.1 Å². The van der Waals surface area contributed by atoms with Gasteiger partial charge in [-0.05, 0) is 31.2 Å². The standard InChI is InChI=1S/C17H27N3O/c1-13(15-6-4-3-5-7-15)11-19-17(21)12-20-9-8-16(18)10-14(20)2/h3-7,13-14,16H,8-12,18H2,1-2H3,(H,19,21). The van der Waals surface area contributed by atoms with Gasteiger partial charge in [-0.3, -0.25) is 9.69 Å². The van der Waals surface area contributed by atoms with Gasteiger partial charge in [-0.2, -0.15) is 0 Å². The second-order valence-corrected chi connectivity index (χ2v) is 6.22. The first kappa shape index (κ1) is 16.0. The van der Waals surface area contributed by atoms with E-state index in [0.717, 1.165) is 19.4 Å². The molecule has 21 heavy (non-hydrogen) atoms. The summed E-state index contributed by atoms with van der Waals surface area (Å²) in [4.78, 5) is 14.3. The molecule has 1 saturated heterocycles. The minimum absolute atomic E-state index is 0.111. The van der Waals surface area contributed by atoms with Crippen molar-refractivity contribution in [1.29, 1.82) is 0 Å². The minimum atomic E-state index is 0.111. The molecule has 4 nitrogen and oxygen atoms in total. The third kappa shape index (κ3) is 4.83. The maximum atomic E-state index is 12.1. The number of benzene rings is 1. The van der Waals surface area contributed by atoms with Crippen molar-refractivity contribution in [2.45, 2.75) is 44.7 Å². The molecule has 0 aliphatic carbocycles. The van der Waals surface area contributed by atoms with Crippen molar-refractivity contribution < 1.29 is 4.79 Å². The summed E-state index contributed by atoms with van der Waals surface area (Å²) in [6.45, 7) is 6.38. The van der Waals surface area contributed by atoms with Crippen molar-refractivity contribution in [3.05, 3.63) is 35.9 Å². The Balaban J connectivity index is 1.75. The molecule has 0 saturated carbocycles. The number of nitrogens with two attached hydrogens (primary N) is 1. The highest BCUT2D eigenvalue weighted by Crippen LogP contribution is 2.16. The predicted molar refractivity (Wildman–Crippen MR) is 86.1 cm³/mol. The fourth-order valence-electron chi connectivity index (χ4n) is 2.90. The molecule has 1 fully saturated rings. The number of nitrogens with zero attached hydrogens (tertiary/aromatic N) is 1. The van der Waals surface area contributed by atoms with E-state index >= 15 is 0 Å². The summed E-state index contributed by atoms with van der Waals surface area (Å²) in [5.41, 5.74) is 7.21. The largest absolute Gasteiger partial charge is 0.354 e. The number of hydrogen-bond acceptors (Lipinski definition) is 3. The van der Waals surface area contributed by atoms with E-state index in [9.17, 15) is 4.79 Å². The highest BCUT2D eigenvalue weighted by Gasteiger charge is 2.24. The van der Waals surface area contributed by atoms with Gasteiger partial charge in [0.15, 0.2) is 0 Å². The number of amides is 1. The maximum Gasteiger partial charge on any atom is 0.234 e. The second-order valence-electron chi connectivity index (χ2n) is 6.22. The van der Waals surface area contributed by atoms with Crippen LogP contribution in [0.5, 0.6) is 0 Å². The first-order chi connectivity index (χ1) is 10.1. The molecule has 0 spiro atoms. The molecule has 1 aromatic carbocycles. The van der Waals surface area contributed by atoms with Crippen LogP contribution in [0.1, 0.15) is 38.2 Å². The van der Waals surface area contributed by atoms with Crippen molar-refractivity contribution in [2.24, 2.45) is 5.73 Å². The lowest BCUT2D eigenvalue weighted by molar-refractivity contribution is -0.123. The van der Waals surface area contributed by atoms with Gasteiger partial charge in [-0.1, -0.05) is 37.3 Å². The Morgan fingerprint density at radius 3 is 2.81 bits per heavy atom. The molecule has 1 amide bonds. The van der Waals surface area contributed by atoms with Crippen LogP contribution in [-0.4, -0.2) is 42.5 Å². The van der Waals surface area contributed by atoms with E-state index < -0.39 is 0 Å². The SMILES string of the molecule is CC(CNC(=O)CN1CCC(N)CC1C)c1ccccc1. The lowest BCUT2D eigenvalue weighted by atomic mass is 9.99. The Morgan fingerprint density at radius 1 is 1.43 bits per heavy atom. The van der Waals surface area contributed by atoms with Crippen LogP contribution in [0.4, 0.5) is 0 Å². The first-order valence-electron chi connectivity index (χ1n) is 7.87. The van der Waals surface area contributed by atoms with Gasteiger partial charge in [0.05, 0.1) is 6.54 Å². The lowest BCUT2D eigenvalue weighted by Crippen LogP contribution is -2.49. The summed E-state index contributed by atoms with van der Waals surface area (Å²) in [6, 6.07) is 11.0. The molecule has 116 valence electrons. The predicted octanol–water partition coefficient (Wildman–Crippen LogP) is 1.72. The van der Waals surface area contributed by atoms with Crippen LogP contribution in [0.15, 0.2) is 30.3 Å². The summed E-state index contributed by atoms with van der Waals surface area (Å²) in [5, 5.41) is 3.05. The number of hydrogen-bond donors (Lipinski definition) is 2. The van der Waals surface area contributed by atoms with Gasteiger partial charge in [0.1, 0.15) is 0 Å². The maximum absolute atomic E-state index is 12.1. The number of carbonyl (C=O) groups is 1. The van der Waals surface area contributed by atoms with Gasteiger partial charge in [0, 0.05) is 25.2 Å². The van der Waals surface area contributed by atoms with Crippen LogP contribution in [0.3, 0.4) is 0 Å². The van der Waals surface area contributed by atoms with Crippen LogP contribution >= 0.6 is 0 Å². The van der Waals surface area contributed by atoms with Crippen molar-refractivity contribution in [3.63, 3.8) is 0 Å². The number of rotatable bonds is 5. The Labute approximate surface area is 127 Å². The van der Waals surface area contributed by atoms with E-state index in [1.165, 1.54) is 5.56 Å². The number of piperidine rings is 1. The highest BCUT2D eigenvalue weighted by molar-refractivity contribution is 5.78. The number of likely N-dealkylation sites (tertiary alicyclic amines) is 1. The van der Waals surface area contributed by atoms with Gasteiger partial charge in [0.25, 0.3) is 0 Å². The summed E-state index contributed by atoms with van der Waals surface area (Å²) in [5.74, 6) is 0.447. The van der Waals surface area contributed by atoms with Gasteiger partial charge in [0.2, 0.25) is 5.91 Å². The summed E-state index contributed by atoms with van der Waals surface area (Å²) in [7, 11) is 0. The average Bonchev–Trinajstić information content (AvgIpc) is 2.48. The zero-order chi connectivity index (χ0) is 15.2. The van der Waals surface area contributed by atoms with Gasteiger partial charge >= 0.3 is 0 Å². The highest BCUT2D eigenvalue weighted by atomic mass is 16.2. The van der Waals surface area contributed by atoms with E-state index in [4.69, 9.17) is 5.73 Å². The Kier molecular flexibility index (Phi) is 5.76. The minimum Gasteiger partial charge on any atom is -0.354 e. The molecule has 1 aliphatic rings. The number of carbonyl (C=O) groups excluding carboxylic acids is 1. The molecule has 0 radical (unpaired) electrons. The third-order valence-corrected chi connectivity index (χ3v) is 4.38. The van der Waals surface area contributed by atoms with Crippen molar-refractivity contribution in [1.82, 2.24) is 10.2 Å². The summed E-state index contributed by atoms with van der Waals surface area (Å²) < 4.78 is 0. The fraction of sp³-hybridized carbons (Fsp3) is 0.588. The Bertz CT molecular complexity index is 449. The van der Waals surface area contributed by atoms with E-state index in [0.29, 0.717) is 25.0 Å². The molecule has 1 heterocycles. The van der Waals surface area contributed by atoms with Gasteiger partial charge < -0.3 is 11.1 Å². The van der Waals surface area contributed by atoms with E-state index in [-0.39, 0.29) is 11.9 Å². The fourth-order valence-corrected chi connectivity index (χ4v) is 2.90. The van der Waals surface area contributed by atoms with Crippen molar-refractivity contribution in [3.8, 4) is 0 Å². The molecular weight excluding hydrogens is 262 g/mol. The normalized spacial score (nSPS) is 24.5. The molecule has 1 aromatic rings. The van der Waals surface area contributed by atoms with Crippen LogP contribution in [0.25, 0.3) is 0 Å². The zero-order valence-corrected chi connectivity index (χ0v) is 13.1. The van der Waals surface area contributed by atoms with Crippen LogP contribution in [0, 0.1) is 0 Å². The molecule has 4 heteroatoms. The lowest BCUT2D eigenvalue weighted by Gasteiger charge is -2.35. The second kappa shape index (κ2) is 7.57. The van der Waals surface area contributed by atoms with E-state index in [1.807, 2.05) is 18.2 Å². The van der Waals surface area contributed by atoms with E-state index in [1.54, 1.807) is 0 Å². The van der Waals surface area contributed by atoms with Crippen LogP contribution in [0.2, 0.25) is 0 Å². The quantitative estimate of drug-likeness (QED) is 0.868. The monoisotopic (exact) mass is 289 g/mol. The van der Waals surface area contributed by atoms with Crippen molar-refractivity contribution in [2.75, 3.05) is 19.6 Å². The Hall–Kier alpha value is -1.39. The van der Waals surface area contributed by atoms with E-state index in [2.05, 4.69) is 36.2 Å². The zero-order valence-electron chi connectivity index (χ0n) is 13.1. The summed E-state index contributed by atoms with van der Waals surface area (Å²) >= 11 is 0. The molecule has 0 bridgehead atoms. The first-order valence-corrected chi connectivity index (χ1v) is 7.87. The summed E-state index contributed by atoms with van der Waals surface area (Å²) in [6.07, 6.45) is 1.96. The van der Waals surface area contributed by atoms with Crippen LogP contribution in [-0.2, 0) is 4.79 Å². The third-order valence-electron chi connectivity index (χ3n) is 4.38. The van der Waals surface area contributed by atoms with Gasteiger partial charge in [-0.15, -0.1) is 0 Å². The topological polar surface area (TPSA) is 58.4 Å². The number of nitrogens with one attached hydrogen (secondary N) is 1. The molecule has 1 aliphatic heterocycles. The molecule has 3 N–H and O–H groups in total. The Morgan fingerprint density at radius 2 is 2.14 bits per heavy atom.